The van der Waals surface area contributed by atoms with Gasteiger partial charge in [-0.1, -0.05) is 30.0 Å². The van der Waals surface area contributed by atoms with Gasteiger partial charge in [-0.05, 0) is 17.6 Å². The van der Waals surface area contributed by atoms with Gasteiger partial charge in [0.25, 0.3) is 0 Å². The molecule has 0 radical (unpaired) electrons. The summed E-state index contributed by atoms with van der Waals surface area (Å²) in [4.78, 5) is 4.03. The number of hydrogen-bond acceptors (Lipinski definition) is 6. The average Bonchev–Trinajstić information content (AvgIpc) is 2.79. The molecule has 16 heavy (non-hydrogen) atoms. The number of para-hydroxylation sites is 1. The highest BCUT2D eigenvalue weighted by molar-refractivity contribution is 8.00. The molecule has 3 N–H and O–H groups in total. The smallest absolute Gasteiger partial charge is 0.169 e. The first-order chi connectivity index (χ1) is 7.77. The van der Waals surface area contributed by atoms with Gasteiger partial charge in [0.1, 0.15) is 6.33 Å². The number of hydrogen-bond donors (Lipinski definition) is 2. The first-order valence-corrected chi connectivity index (χ1v) is 6.45. The normalized spacial score (nSPS) is 12.6. The number of aliphatic hydroxyl groups excluding tert-OH is 1. The van der Waals surface area contributed by atoms with Crippen molar-refractivity contribution in [3.05, 3.63) is 36.2 Å². The van der Waals surface area contributed by atoms with E-state index in [1.165, 1.54) is 29.6 Å². The number of nitrogen functional groups attached to an aromatic ring is 1. The Morgan fingerprint density at radius 3 is 2.94 bits per heavy atom. The van der Waals surface area contributed by atoms with Gasteiger partial charge >= 0.3 is 0 Å². The van der Waals surface area contributed by atoms with Crippen LogP contribution >= 0.6 is 23.3 Å². The van der Waals surface area contributed by atoms with Crippen LogP contribution in [0.15, 0.2) is 34.9 Å². The van der Waals surface area contributed by atoms with Crippen molar-refractivity contribution in [1.29, 1.82) is 0 Å². The Bertz CT molecular complexity index is 447. The molecule has 0 aliphatic carbocycles. The summed E-state index contributed by atoms with van der Waals surface area (Å²) in [5, 5.41) is 9.96. The maximum Gasteiger partial charge on any atom is 0.169 e. The van der Waals surface area contributed by atoms with E-state index in [1.807, 2.05) is 18.2 Å². The molecule has 1 atom stereocenters. The van der Waals surface area contributed by atoms with E-state index in [0.29, 0.717) is 11.4 Å². The Kier molecular flexibility index (Phi) is 3.76. The van der Waals surface area contributed by atoms with Gasteiger partial charge < -0.3 is 10.8 Å². The van der Waals surface area contributed by atoms with Crippen LogP contribution in [0.4, 0.5) is 5.69 Å². The Balaban J connectivity index is 1.98. The summed E-state index contributed by atoms with van der Waals surface area (Å²) < 4.78 is 4.75. The molecule has 0 saturated heterocycles. The summed E-state index contributed by atoms with van der Waals surface area (Å²) in [5.41, 5.74) is 7.16. The zero-order valence-electron chi connectivity index (χ0n) is 8.41. The highest BCUT2D eigenvalue weighted by atomic mass is 32.2. The van der Waals surface area contributed by atoms with Crippen LogP contribution in [0.3, 0.4) is 0 Å². The third kappa shape index (κ3) is 2.72. The summed E-state index contributed by atoms with van der Waals surface area (Å²) in [6.07, 6.45) is 0.936. The molecule has 2 aromatic rings. The Labute approximate surface area is 102 Å². The van der Waals surface area contributed by atoms with Gasteiger partial charge in [0, 0.05) is 17.0 Å². The molecule has 2 rings (SSSR count). The van der Waals surface area contributed by atoms with Gasteiger partial charge in [-0.15, -0.1) is 0 Å². The van der Waals surface area contributed by atoms with Gasteiger partial charge in [0.15, 0.2) is 4.34 Å². The first-order valence-electron chi connectivity index (χ1n) is 4.69. The van der Waals surface area contributed by atoms with E-state index in [2.05, 4.69) is 9.36 Å². The number of aromatic nitrogens is 2. The number of anilines is 1. The van der Waals surface area contributed by atoms with Crippen LogP contribution < -0.4 is 5.73 Å². The maximum absolute atomic E-state index is 9.96. The highest BCUT2D eigenvalue weighted by Crippen LogP contribution is 2.27. The fraction of sp³-hybridized carbons (Fsp3) is 0.200. The van der Waals surface area contributed by atoms with Crippen molar-refractivity contribution in [3.8, 4) is 0 Å². The lowest BCUT2D eigenvalue weighted by atomic mass is 10.1. The monoisotopic (exact) mass is 253 g/mol. The zero-order valence-corrected chi connectivity index (χ0v) is 10.0. The van der Waals surface area contributed by atoms with Crippen molar-refractivity contribution in [3.63, 3.8) is 0 Å². The molecule has 6 heteroatoms. The van der Waals surface area contributed by atoms with Crippen LogP contribution in [-0.2, 0) is 0 Å². The second kappa shape index (κ2) is 5.29. The predicted octanol–water partition coefficient (Wildman–Crippen LogP) is 1.95. The van der Waals surface area contributed by atoms with Crippen molar-refractivity contribution in [1.82, 2.24) is 9.36 Å². The minimum atomic E-state index is -0.574. The Morgan fingerprint density at radius 2 is 2.25 bits per heavy atom. The lowest BCUT2D eigenvalue weighted by Crippen LogP contribution is -2.04. The molecule has 84 valence electrons. The summed E-state index contributed by atoms with van der Waals surface area (Å²) in [5.74, 6) is 0.531. The molecule has 1 aromatic heterocycles. The van der Waals surface area contributed by atoms with Gasteiger partial charge in [0.2, 0.25) is 0 Å². The molecule has 0 spiro atoms. The fourth-order valence-corrected chi connectivity index (χ4v) is 2.71. The van der Waals surface area contributed by atoms with Crippen LogP contribution in [0.25, 0.3) is 0 Å². The molecule has 0 aliphatic rings. The molecule has 1 aromatic carbocycles. The molecular formula is C10H11N3OS2. The summed E-state index contributed by atoms with van der Waals surface area (Å²) in [7, 11) is 0. The molecule has 0 amide bonds. The highest BCUT2D eigenvalue weighted by Gasteiger charge is 2.11. The number of nitrogens with zero attached hydrogens (tertiary/aromatic N) is 2. The van der Waals surface area contributed by atoms with E-state index in [9.17, 15) is 5.11 Å². The van der Waals surface area contributed by atoms with Crippen molar-refractivity contribution in [2.45, 2.75) is 10.4 Å². The second-order valence-electron chi connectivity index (χ2n) is 3.16. The Morgan fingerprint density at radius 1 is 1.44 bits per heavy atom. The number of thioether (sulfide) groups is 1. The summed E-state index contributed by atoms with van der Waals surface area (Å²) in [6.45, 7) is 0. The van der Waals surface area contributed by atoms with Gasteiger partial charge in [-0.3, -0.25) is 0 Å². The van der Waals surface area contributed by atoms with E-state index in [0.717, 1.165) is 9.90 Å². The zero-order chi connectivity index (χ0) is 11.4. The number of aliphatic hydroxyl groups is 1. The van der Waals surface area contributed by atoms with E-state index >= 15 is 0 Å². The second-order valence-corrected chi connectivity index (χ2v) is 5.21. The van der Waals surface area contributed by atoms with E-state index in [1.54, 1.807) is 6.07 Å². The largest absolute Gasteiger partial charge is 0.398 e. The third-order valence-electron chi connectivity index (χ3n) is 2.06. The fourth-order valence-electron chi connectivity index (χ4n) is 1.28. The minimum absolute atomic E-state index is 0.531. The van der Waals surface area contributed by atoms with Crippen LogP contribution in [0.5, 0.6) is 0 Å². The Hall–Kier alpha value is -1.11. The maximum atomic E-state index is 9.96. The number of nitrogens with two attached hydrogens (primary N) is 1. The SMILES string of the molecule is Nc1ccccc1C(O)CSc1ncns1. The van der Waals surface area contributed by atoms with E-state index in [4.69, 9.17) is 5.73 Å². The molecule has 1 heterocycles. The van der Waals surface area contributed by atoms with Crippen LogP contribution in [0.1, 0.15) is 11.7 Å². The van der Waals surface area contributed by atoms with Crippen molar-refractivity contribution in [2.24, 2.45) is 0 Å². The number of benzene rings is 1. The lowest BCUT2D eigenvalue weighted by molar-refractivity contribution is 0.205. The van der Waals surface area contributed by atoms with Gasteiger partial charge in [0.05, 0.1) is 6.10 Å². The quantitative estimate of drug-likeness (QED) is 0.643. The molecule has 1 unspecified atom stereocenters. The topological polar surface area (TPSA) is 72.0 Å². The van der Waals surface area contributed by atoms with E-state index in [-0.39, 0.29) is 0 Å². The van der Waals surface area contributed by atoms with Crippen LogP contribution in [0, 0.1) is 0 Å². The first kappa shape index (κ1) is 11.4. The van der Waals surface area contributed by atoms with Crippen LogP contribution in [0.2, 0.25) is 0 Å². The third-order valence-corrected chi connectivity index (χ3v) is 3.93. The summed E-state index contributed by atoms with van der Waals surface area (Å²) in [6, 6.07) is 7.34. The van der Waals surface area contributed by atoms with E-state index < -0.39 is 6.10 Å². The predicted molar refractivity (Wildman–Crippen MR) is 66.4 cm³/mol. The minimum Gasteiger partial charge on any atom is -0.398 e. The number of rotatable bonds is 4. The molecule has 0 fully saturated rings. The van der Waals surface area contributed by atoms with Crippen molar-refractivity contribution in [2.75, 3.05) is 11.5 Å². The lowest BCUT2D eigenvalue weighted by Gasteiger charge is -2.11. The van der Waals surface area contributed by atoms with Crippen molar-refractivity contribution < 1.29 is 5.11 Å². The van der Waals surface area contributed by atoms with Gasteiger partial charge in [-0.25, -0.2) is 4.98 Å². The van der Waals surface area contributed by atoms with Gasteiger partial charge in [-0.2, -0.15) is 4.37 Å². The molecular weight excluding hydrogens is 242 g/mol. The molecule has 4 nitrogen and oxygen atoms in total. The summed E-state index contributed by atoms with van der Waals surface area (Å²) >= 11 is 2.80. The average molecular weight is 253 g/mol. The molecule has 0 aliphatic heterocycles. The van der Waals surface area contributed by atoms with Crippen molar-refractivity contribution >= 4 is 29.0 Å². The standard InChI is InChI=1S/C10H11N3OS2/c11-8-4-2-1-3-7(8)9(14)5-15-10-12-6-13-16-10/h1-4,6,9,14H,5,11H2. The molecule has 0 bridgehead atoms. The molecule has 0 saturated carbocycles. The van der Waals surface area contributed by atoms with Crippen LogP contribution in [-0.4, -0.2) is 20.2 Å².